The third-order valence-corrected chi connectivity index (χ3v) is 8.59. The summed E-state index contributed by atoms with van der Waals surface area (Å²) in [6.07, 6.45) is 1.46. The fourth-order valence-corrected chi connectivity index (χ4v) is 4.28. The van der Waals surface area contributed by atoms with Gasteiger partial charge in [-0.3, -0.25) is 9.11 Å². The number of morpholine rings is 1. The number of hydrogen-bond donors (Lipinski definition) is 4. The highest BCUT2D eigenvalue weighted by Gasteiger charge is 2.35. The molecule has 0 radical (unpaired) electrons. The van der Waals surface area contributed by atoms with Gasteiger partial charge in [-0.15, -0.1) is 0 Å². The van der Waals surface area contributed by atoms with Crippen LogP contribution in [0.15, 0.2) is 30.3 Å². The minimum absolute atomic E-state index is 0.150. The van der Waals surface area contributed by atoms with E-state index in [1.807, 2.05) is 44.4 Å². The van der Waals surface area contributed by atoms with Crippen molar-refractivity contribution in [1.29, 1.82) is 0 Å². The number of rotatable bonds is 8. The van der Waals surface area contributed by atoms with E-state index in [2.05, 4.69) is 27.4 Å². The summed E-state index contributed by atoms with van der Waals surface area (Å²) >= 11 is 5.38. The quantitative estimate of drug-likeness (QED) is 0.382. The van der Waals surface area contributed by atoms with Gasteiger partial charge in [-0.2, -0.15) is 10.6 Å². The van der Waals surface area contributed by atoms with Crippen molar-refractivity contribution in [3.63, 3.8) is 0 Å². The van der Waals surface area contributed by atoms with Crippen LogP contribution in [-0.4, -0.2) is 88.3 Å². The first-order valence-electron chi connectivity index (χ1n) is 11.6. The Bertz CT molecular complexity index is 1010. The van der Waals surface area contributed by atoms with Gasteiger partial charge in [0.15, 0.2) is 10.9 Å². The topological polar surface area (TPSA) is 106 Å². The van der Waals surface area contributed by atoms with Crippen LogP contribution in [-0.2, 0) is 9.48 Å². The largest absolute Gasteiger partial charge is 0.377 e. The third-order valence-electron chi connectivity index (χ3n) is 6.20. The SMILES string of the molecule is C[C@H]1COCCN1c1cc(C(C)(C)S(C)(O)O)nc(-c2ccc(NC(=S)NCCN(C)C)cc2)n1. The molecule has 0 amide bonds. The van der Waals surface area contributed by atoms with Crippen LogP contribution in [0.3, 0.4) is 0 Å². The second-order valence-corrected chi connectivity index (χ2v) is 12.8. The van der Waals surface area contributed by atoms with Gasteiger partial charge >= 0.3 is 0 Å². The van der Waals surface area contributed by atoms with Gasteiger partial charge in [0.2, 0.25) is 0 Å². The van der Waals surface area contributed by atoms with Crippen molar-refractivity contribution >= 4 is 39.4 Å². The summed E-state index contributed by atoms with van der Waals surface area (Å²) in [7, 11) is 1.12. The van der Waals surface area contributed by atoms with Crippen LogP contribution < -0.4 is 15.5 Å². The van der Waals surface area contributed by atoms with Gasteiger partial charge < -0.3 is 25.2 Å². The molecule has 1 atom stereocenters. The zero-order valence-electron chi connectivity index (χ0n) is 21.4. The lowest BCUT2D eigenvalue weighted by Gasteiger charge is -2.43. The molecule has 0 unspecified atom stereocenters. The van der Waals surface area contributed by atoms with Crippen LogP contribution in [0, 0.1) is 0 Å². The van der Waals surface area contributed by atoms with E-state index in [-0.39, 0.29) is 6.04 Å². The Kier molecular flexibility index (Phi) is 8.95. The number of likely N-dealkylation sites (N-methyl/N-ethyl adjacent to an activating group) is 1. The van der Waals surface area contributed by atoms with Gasteiger partial charge in [0.25, 0.3) is 0 Å². The average molecular weight is 523 g/mol. The van der Waals surface area contributed by atoms with Crippen LogP contribution in [0.25, 0.3) is 11.4 Å². The highest BCUT2D eigenvalue weighted by Crippen LogP contribution is 2.55. The molecule has 1 saturated heterocycles. The average Bonchev–Trinajstić information content (AvgIpc) is 2.78. The Morgan fingerprint density at radius 3 is 2.54 bits per heavy atom. The lowest BCUT2D eigenvalue weighted by molar-refractivity contribution is 0.0985. The lowest BCUT2D eigenvalue weighted by Crippen LogP contribution is -2.44. The van der Waals surface area contributed by atoms with Crippen LogP contribution in [0.5, 0.6) is 0 Å². The molecule has 2 aromatic rings. The van der Waals surface area contributed by atoms with Gasteiger partial charge in [0.05, 0.1) is 29.7 Å². The van der Waals surface area contributed by atoms with E-state index in [1.165, 1.54) is 6.26 Å². The van der Waals surface area contributed by atoms with Crippen LogP contribution in [0.1, 0.15) is 26.5 Å². The molecule has 1 aromatic heterocycles. The van der Waals surface area contributed by atoms with Gasteiger partial charge in [-0.05, 0) is 71.3 Å². The highest BCUT2D eigenvalue weighted by atomic mass is 32.3. The first-order chi connectivity index (χ1) is 16.4. The zero-order valence-corrected chi connectivity index (χ0v) is 23.0. The molecule has 0 bridgehead atoms. The second kappa shape index (κ2) is 11.4. The summed E-state index contributed by atoms with van der Waals surface area (Å²) in [6, 6.07) is 9.76. The number of thiocarbonyl (C=S) groups is 1. The monoisotopic (exact) mass is 522 g/mol. The molecule has 2 heterocycles. The van der Waals surface area contributed by atoms with Crippen molar-refractivity contribution in [3.05, 3.63) is 36.0 Å². The maximum Gasteiger partial charge on any atom is 0.170 e. The number of benzene rings is 1. The predicted molar refractivity (Wildman–Crippen MR) is 150 cm³/mol. The summed E-state index contributed by atoms with van der Waals surface area (Å²) in [5.41, 5.74) is 2.28. The van der Waals surface area contributed by atoms with E-state index in [0.29, 0.717) is 36.4 Å². The summed E-state index contributed by atoms with van der Waals surface area (Å²) in [5, 5.41) is 6.95. The van der Waals surface area contributed by atoms with E-state index < -0.39 is 15.3 Å². The molecule has 1 fully saturated rings. The van der Waals surface area contributed by atoms with E-state index in [9.17, 15) is 9.11 Å². The fourth-order valence-electron chi connectivity index (χ4n) is 3.56. The first-order valence-corrected chi connectivity index (χ1v) is 14.0. The van der Waals surface area contributed by atoms with Crippen molar-refractivity contribution in [2.45, 2.75) is 31.6 Å². The van der Waals surface area contributed by atoms with Crippen LogP contribution >= 0.6 is 22.8 Å². The molecule has 0 aliphatic carbocycles. The molecule has 194 valence electrons. The number of ether oxygens (including phenoxy) is 1. The molecule has 1 aliphatic rings. The molecule has 1 aliphatic heterocycles. The molecule has 9 nitrogen and oxygen atoms in total. The van der Waals surface area contributed by atoms with Crippen molar-refractivity contribution < 1.29 is 13.8 Å². The molecule has 1 aromatic carbocycles. The summed E-state index contributed by atoms with van der Waals surface area (Å²) in [6.45, 7) is 9.29. The van der Waals surface area contributed by atoms with Gasteiger partial charge in [-0.25, -0.2) is 9.97 Å². The van der Waals surface area contributed by atoms with Gasteiger partial charge in [0, 0.05) is 43.2 Å². The van der Waals surface area contributed by atoms with E-state index in [1.54, 1.807) is 13.8 Å². The molecule has 11 heteroatoms. The number of nitrogens with zero attached hydrogens (tertiary/aromatic N) is 4. The van der Waals surface area contributed by atoms with Crippen molar-refractivity contribution in [2.75, 3.05) is 63.4 Å². The zero-order chi connectivity index (χ0) is 25.8. The van der Waals surface area contributed by atoms with Crippen molar-refractivity contribution in [2.24, 2.45) is 0 Å². The highest BCUT2D eigenvalue weighted by molar-refractivity contribution is 8.24. The number of anilines is 2. The third kappa shape index (κ3) is 7.02. The predicted octanol–water partition coefficient (Wildman–Crippen LogP) is 3.83. The molecule has 4 N–H and O–H groups in total. The summed E-state index contributed by atoms with van der Waals surface area (Å²) in [5.74, 6) is 1.29. The van der Waals surface area contributed by atoms with Crippen molar-refractivity contribution in [3.8, 4) is 11.4 Å². The lowest BCUT2D eigenvalue weighted by atomic mass is 10.1. The van der Waals surface area contributed by atoms with E-state index >= 15 is 0 Å². The Morgan fingerprint density at radius 1 is 1.26 bits per heavy atom. The molecule has 35 heavy (non-hydrogen) atoms. The molecule has 0 spiro atoms. The Hall–Kier alpha value is -2.02. The molecular formula is C24H38N6O3S2. The standard InChI is InChI=1S/C24H38N6O3S2/c1-17-16-33-14-13-30(17)21-15-20(24(2,3)35(6,31)32)27-22(28-21)18-7-9-19(10-8-18)26-23(34)25-11-12-29(4)5/h7-10,15,17,31-32H,11-14,16H2,1-6H3,(H2,25,26,34)/t17-/m0/s1. The number of hydrogen-bond acceptors (Lipinski definition) is 8. The van der Waals surface area contributed by atoms with Crippen LogP contribution in [0.4, 0.5) is 11.5 Å². The van der Waals surface area contributed by atoms with Gasteiger partial charge in [-0.1, -0.05) is 0 Å². The minimum atomic E-state index is -2.92. The number of aromatic nitrogens is 2. The Morgan fingerprint density at radius 2 is 1.94 bits per heavy atom. The molecular weight excluding hydrogens is 484 g/mol. The smallest absolute Gasteiger partial charge is 0.170 e. The fraction of sp³-hybridized carbons (Fsp3) is 0.542. The summed E-state index contributed by atoms with van der Waals surface area (Å²) < 4.78 is 25.7. The van der Waals surface area contributed by atoms with E-state index in [4.69, 9.17) is 26.9 Å². The molecule has 3 rings (SSSR count). The molecule has 0 saturated carbocycles. The van der Waals surface area contributed by atoms with Crippen molar-refractivity contribution in [1.82, 2.24) is 20.2 Å². The Labute approximate surface area is 215 Å². The maximum absolute atomic E-state index is 10.5. The van der Waals surface area contributed by atoms with Gasteiger partial charge in [0.1, 0.15) is 5.82 Å². The second-order valence-electron chi connectivity index (χ2n) is 9.66. The summed E-state index contributed by atoms with van der Waals surface area (Å²) in [4.78, 5) is 13.9. The normalized spacial score (nSPS) is 17.4. The Balaban J connectivity index is 1.89. The van der Waals surface area contributed by atoms with E-state index in [0.717, 1.165) is 30.2 Å². The maximum atomic E-state index is 10.5. The first kappa shape index (κ1) is 27.6. The van der Waals surface area contributed by atoms with Crippen LogP contribution in [0.2, 0.25) is 0 Å². The number of nitrogens with one attached hydrogen (secondary N) is 2. The minimum Gasteiger partial charge on any atom is -0.377 e.